The molecule has 2 atom stereocenters. The van der Waals surface area contributed by atoms with Crippen molar-refractivity contribution >= 4 is 11.8 Å². The number of methoxy groups -OCH3 is 1. The fourth-order valence-electron chi connectivity index (χ4n) is 2.34. The van der Waals surface area contributed by atoms with Crippen molar-refractivity contribution in [3.8, 4) is 0 Å². The van der Waals surface area contributed by atoms with Crippen LogP contribution in [0, 0.1) is 5.92 Å². The molecule has 1 heterocycles. The first-order chi connectivity index (χ1) is 8.74. The molecule has 0 aromatic carbocycles. The number of nitrogens with one attached hydrogen (secondary N) is 1. The molecule has 0 bridgehead atoms. The largest absolute Gasteiger partial charge is 0.464 e. The second kappa shape index (κ2) is 5.77. The number of aromatic nitrogens is 2. The van der Waals surface area contributed by atoms with Crippen molar-refractivity contribution in [3.63, 3.8) is 0 Å². The van der Waals surface area contributed by atoms with Crippen LogP contribution in [0.15, 0.2) is 12.4 Å². The Bertz CT molecular complexity index is 424. The zero-order chi connectivity index (χ0) is 13.0. The number of anilines is 1. The van der Waals surface area contributed by atoms with Gasteiger partial charge in [-0.3, -0.25) is 4.98 Å². The number of esters is 1. The van der Waals surface area contributed by atoms with E-state index in [0.717, 1.165) is 12.8 Å². The SMILES string of the molecule is COC(=O)c1cncc(NC2CCCC2CN)n1. The third-order valence-corrected chi connectivity index (χ3v) is 3.32. The van der Waals surface area contributed by atoms with Crippen molar-refractivity contribution in [2.24, 2.45) is 11.7 Å². The van der Waals surface area contributed by atoms with Gasteiger partial charge in [0.05, 0.1) is 19.5 Å². The van der Waals surface area contributed by atoms with Crippen LogP contribution in [0.25, 0.3) is 0 Å². The smallest absolute Gasteiger partial charge is 0.358 e. The standard InChI is InChI=1S/C12H18N4O2/c1-18-12(17)10-6-14-7-11(16-10)15-9-4-2-3-8(9)5-13/h6-9H,2-5,13H2,1H3,(H,15,16). The summed E-state index contributed by atoms with van der Waals surface area (Å²) >= 11 is 0. The zero-order valence-corrected chi connectivity index (χ0v) is 10.4. The molecule has 6 heteroatoms. The minimum absolute atomic E-state index is 0.213. The van der Waals surface area contributed by atoms with E-state index in [1.807, 2.05) is 0 Å². The summed E-state index contributed by atoms with van der Waals surface area (Å²) < 4.78 is 4.61. The van der Waals surface area contributed by atoms with Gasteiger partial charge in [0.25, 0.3) is 0 Å². The number of ether oxygens (including phenoxy) is 1. The van der Waals surface area contributed by atoms with Gasteiger partial charge in [-0.25, -0.2) is 9.78 Å². The molecule has 1 aromatic heterocycles. The highest BCUT2D eigenvalue weighted by Gasteiger charge is 2.26. The lowest BCUT2D eigenvalue weighted by Gasteiger charge is -2.19. The number of carbonyl (C=O) groups is 1. The molecule has 98 valence electrons. The topological polar surface area (TPSA) is 90.1 Å². The highest BCUT2D eigenvalue weighted by molar-refractivity contribution is 5.87. The number of carbonyl (C=O) groups excluding carboxylic acids is 1. The zero-order valence-electron chi connectivity index (χ0n) is 10.4. The molecule has 0 radical (unpaired) electrons. The van der Waals surface area contributed by atoms with Crippen LogP contribution in [0.1, 0.15) is 29.8 Å². The Morgan fingerprint density at radius 1 is 1.56 bits per heavy atom. The average molecular weight is 250 g/mol. The van der Waals surface area contributed by atoms with Gasteiger partial charge in [-0.15, -0.1) is 0 Å². The van der Waals surface area contributed by atoms with Crippen LogP contribution in [-0.4, -0.2) is 35.6 Å². The van der Waals surface area contributed by atoms with E-state index in [0.29, 0.717) is 24.3 Å². The van der Waals surface area contributed by atoms with E-state index in [-0.39, 0.29) is 5.69 Å². The predicted molar refractivity (Wildman–Crippen MR) is 67.2 cm³/mol. The second-order valence-corrected chi connectivity index (χ2v) is 4.46. The van der Waals surface area contributed by atoms with E-state index in [9.17, 15) is 4.79 Å². The number of nitrogens with zero attached hydrogens (tertiary/aromatic N) is 2. The predicted octanol–water partition coefficient (Wildman–Crippen LogP) is 0.802. The van der Waals surface area contributed by atoms with Gasteiger partial charge in [-0.05, 0) is 25.3 Å². The average Bonchev–Trinajstić information content (AvgIpc) is 2.85. The van der Waals surface area contributed by atoms with E-state index in [2.05, 4.69) is 20.0 Å². The van der Waals surface area contributed by atoms with E-state index < -0.39 is 5.97 Å². The number of hydrogen-bond donors (Lipinski definition) is 2. The minimum Gasteiger partial charge on any atom is -0.464 e. The van der Waals surface area contributed by atoms with Crippen LogP contribution in [0.2, 0.25) is 0 Å². The molecule has 2 rings (SSSR count). The molecule has 0 amide bonds. The molecule has 1 aliphatic carbocycles. The first-order valence-electron chi connectivity index (χ1n) is 6.11. The Hall–Kier alpha value is -1.69. The van der Waals surface area contributed by atoms with Crippen molar-refractivity contribution in [2.45, 2.75) is 25.3 Å². The van der Waals surface area contributed by atoms with Gasteiger partial charge in [0.2, 0.25) is 0 Å². The monoisotopic (exact) mass is 250 g/mol. The summed E-state index contributed by atoms with van der Waals surface area (Å²) in [7, 11) is 1.32. The summed E-state index contributed by atoms with van der Waals surface area (Å²) in [5, 5.41) is 3.30. The quantitative estimate of drug-likeness (QED) is 0.768. The van der Waals surface area contributed by atoms with Gasteiger partial charge in [0.1, 0.15) is 5.82 Å². The molecule has 6 nitrogen and oxygen atoms in total. The van der Waals surface area contributed by atoms with Crippen LogP contribution in [0.3, 0.4) is 0 Å². The van der Waals surface area contributed by atoms with Crippen LogP contribution in [0.4, 0.5) is 5.82 Å². The number of rotatable bonds is 4. The maximum Gasteiger partial charge on any atom is 0.358 e. The van der Waals surface area contributed by atoms with Crippen LogP contribution < -0.4 is 11.1 Å². The Balaban J connectivity index is 2.07. The third-order valence-electron chi connectivity index (χ3n) is 3.32. The summed E-state index contributed by atoms with van der Waals surface area (Å²) in [4.78, 5) is 19.5. The molecule has 1 aromatic rings. The molecule has 1 saturated carbocycles. The highest BCUT2D eigenvalue weighted by Crippen LogP contribution is 2.27. The van der Waals surface area contributed by atoms with E-state index in [1.54, 1.807) is 6.20 Å². The van der Waals surface area contributed by atoms with Gasteiger partial charge < -0.3 is 15.8 Å². The summed E-state index contributed by atoms with van der Waals surface area (Å²) in [6.45, 7) is 0.668. The maximum atomic E-state index is 11.4. The Labute approximate surface area is 106 Å². The summed E-state index contributed by atoms with van der Waals surface area (Å²) in [6, 6.07) is 0.317. The molecule has 1 aliphatic rings. The van der Waals surface area contributed by atoms with E-state index in [1.165, 1.54) is 19.7 Å². The van der Waals surface area contributed by atoms with Crippen molar-refractivity contribution in [1.82, 2.24) is 9.97 Å². The van der Waals surface area contributed by atoms with Crippen molar-refractivity contribution in [1.29, 1.82) is 0 Å². The van der Waals surface area contributed by atoms with Crippen LogP contribution in [0.5, 0.6) is 0 Å². The lowest BCUT2D eigenvalue weighted by atomic mass is 10.0. The molecule has 0 spiro atoms. The molecule has 1 fully saturated rings. The van der Waals surface area contributed by atoms with E-state index in [4.69, 9.17) is 5.73 Å². The van der Waals surface area contributed by atoms with E-state index >= 15 is 0 Å². The summed E-state index contributed by atoms with van der Waals surface area (Å²) in [6.07, 6.45) is 6.39. The molecule has 0 aliphatic heterocycles. The van der Waals surface area contributed by atoms with Gasteiger partial charge in [-0.2, -0.15) is 0 Å². The number of hydrogen-bond acceptors (Lipinski definition) is 6. The molecular formula is C12H18N4O2. The van der Waals surface area contributed by atoms with Crippen molar-refractivity contribution in [2.75, 3.05) is 19.0 Å². The van der Waals surface area contributed by atoms with Gasteiger partial charge in [0.15, 0.2) is 5.69 Å². The van der Waals surface area contributed by atoms with Crippen molar-refractivity contribution < 1.29 is 9.53 Å². The second-order valence-electron chi connectivity index (χ2n) is 4.46. The first-order valence-corrected chi connectivity index (χ1v) is 6.11. The van der Waals surface area contributed by atoms with Crippen molar-refractivity contribution in [3.05, 3.63) is 18.1 Å². The molecule has 18 heavy (non-hydrogen) atoms. The molecule has 3 N–H and O–H groups in total. The lowest BCUT2D eigenvalue weighted by Crippen LogP contribution is -2.30. The maximum absolute atomic E-state index is 11.4. The fraction of sp³-hybridized carbons (Fsp3) is 0.583. The summed E-state index contributed by atoms with van der Waals surface area (Å²) in [5.41, 5.74) is 5.94. The molecule has 2 unspecified atom stereocenters. The fourth-order valence-corrected chi connectivity index (χ4v) is 2.34. The van der Waals surface area contributed by atoms with Crippen LogP contribution in [-0.2, 0) is 4.74 Å². The van der Waals surface area contributed by atoms with Gasteiger partial charge in [0, 0.05) is 6.04 Å². The van der Waals surface area contributed by atoms with Gasteiger partial charge >= 0.3 is 5.97 Å². The highest BCUT2D eigenvalue weighted by atomic mass is 16.5. The van der Waals surface area contributed by atoms with Crippen LogP contribution >= 0.6 is 0 Å². The Morgan fingerprint density at radius 2 is 2.39 bits per heavy atom. The Kier molecular flexibility index (Phi) is 4.09. The minimum atomic E-state index is -0.479. The normalized spacial score (nSPS) is 22.8. The number of nitrogens with two attached hydrogens (primary N) is 1. The first kappa shape index (κ1) is 12.8. The lowest BCUT2D eigenvalue weighted by molar-refractivity contribution is 0.0593. The molecular weight excluding hydrogens is 232 g/mol. The Morgan fingerprint density at radius 3 is 3.11 bits per heavy atom. The molecule has 0 saturated heterocycles. The third kappa shape index (κ3) is 2.76. The summed E-state index contributed by atoms with van der Waals surface area (Å²) in [5.74, 6) is 0.588. The van der Waals surface area contributed by atoms with Gasteiger partial charge in [-0.1, -0.05) is 6.42 Å².